The highest BCUT2D eigenvalue weighted by Gasteiger charge is 2.24. The Labute approximate surface area is 123 Å². The highest BCUT2D eigenvalue weighted by molar-refractivity contribution is 5.38. The molecule has 3 nitrogen and oxygen atoms in total. The average molecular weight is 291 g/mol. The van der Waals surface area contributed by atoms with Crippen LogP contribution >= 0.6 is 0 Å². The van der Waals surface area contributed by atoms with Gasteiger partial charge in [-0.25, -0.2) is 8.78 Å². The molecule has 0 radical (unpaired) electrons. The summed E-state index contributed by atoms with van der Waals surface area (Å²) in [6.45, 7) is 7.71. The van der Waals surface area contributed by atoms with Crippen molar-refractivity contribution in [1.82, 2.24) is 15.5 Å². The number of nitrogens with zero attached hydrogens (tertiary/aromatic N) is 2. The van der Waals surface area contributed by atoms with Gasteiger partial charge < -0.3 is 5.32 Å². The van der Waals surface area contributed by atoms with Crippen molar-refractivity contribution in [3.8, 4) is 0 Å². The molecule has 0 saturated heterocycles. The van der Waals surface area contributed by atoms with Gasteiger partial charge in [0, 0.05) is 5.56 Å². The van der Waals surface area contributed by atoms with E-state index in [0.717, 1.165) is 5.56 Å². The van der Waals surface area contributed by atoms with Crippen LogP contribution in [0.2, 0.25) is 0 Å². The van der Waals surface area contributed by atoms with Crippen LogP contribution in [0.25, 0.3) is 0 Å². The van der Waals surface area contributed by atoms with Crippen LogP contribution in [0.15, 0.2) is 18.2 Å². The molecule has 0 aliphatic heterocycles. The summed E-state index contributed by atoms with van der Waals surface area (Å²) in [4.78, 5) is 0. The van der Waals surface area contributed by atoms with Gasteiger partial charge >= 0.3 is 0 Å². The van der Waals surface area contributed by atoms with Gasteiger partial charge in [-0.05, 0) is 50.6 Å². The van der Waals surface area contributed by atoms with E-state index in [2.05, 4.69) is 15.5 Å². The zero-order valence-electron chi connectivity index (χ0n) is 12.7. The Balaban J connectivity index is 2.64. The van der Waals surface area contributed by atoms with E-state index < -0.39 is 17.7 Å². The zero-order valence-corrected chi connectivity index (χ0v) is 12.7. The highest BCUT2D eigenvalue weighted by atomic mass is 19.1. The number of aryl methyl sites for hydroxylation is 3. The Bertz CT molecular complexity index is 656. The second-order valence-corrected chi connectivity index (χ2v) is 5.11. The van der Waals surface area contributed by atoms with E-state index in [1.54, 1.807) is 13.8 Å². The van der Waals surface area contributed by atoms with Crippen molar-refractivity contribution in [3.63, 3.8) is 0 Å². The third-order valence-electron chi connectivity index (χ3n) is 3.47. The molecule has 0 aliphatic rings. The van der Waals surface area contributed by atoms with Crippen LogP contribution in [0.4, 0.5) is 8.78 Å². The van der Waals surface area contributed by atoms with Crippen LogP contribution in [-0.4, -0.2) is 16.7 Å². The Kier molecular flexibility index (Phi) is 4.63. The first kappa shape index (κ1) is 15.5. The van der Waals surface area contributed by atoms with Crippen LogP contribution in [0.5, 0.6) is 0 Å². The fourth-order valence-electron chi connectivity index (χ4n) is 2.38. The SMILES string of the molecule is CCNC(c1cc(C)nnc1C)c1c(F)ccc(C)c1F. The molecule has 0 spiro atoms. The number of hydrogen-bond donors (Lipinski definition) is 1. The minimum Gasteiger partial charge on any atom is -0.306 e. The predicted octanol–water partition coefficient (Wildman–Crippen LogP) is 3.38. The van der Waals surface area contributed by atoms with Crippen molar-refractivity contribution in [2.75, 3.05) is 6.54 Å². The predicted molar refractivity (Wildman–Crippen MR) is 78.1 cm³/mol. The summed E-state index contributed by atoms with van der Waals surface area (Å²) in [5.74, 6) is -1.08. The number of rotatable bonds is 4. The van der Waals surface area contributed by atoms with Crippen LogP contribution in [0, 0.1) is 32.4 Å². The van der Waals surface area contributed by atoms with E-state index in [9.17, 15) is 8.78 Å². The molecular formula is C16H19F2N3. The van der Waals surface area contributed by atoms with E-state index in [0.29, 0.717) is 23.5 Å². The maximum atomic E-state index is 14.4. The molecule has 1 aromatic carbocycles. The van der Waals surface area contributed by atoms with E-state index in [4.69, 9.17) is 0 Å². The van der Waals surface area contributed by atoms with Gasteiger partial charge in [-0.3, -0.25) is 0 Å². The van der Waals surface area contributed by atoms with Crippen LogP contribution in [0.1, 0.15) is 41.0 Å². The molecule has 1 aromatic heterocycles. The maximum Gasteiger partial charge on any atom is 0.134 e. The molecule has 2 rings (SSSR count). The zero-order chi connectivity index (χ0) is 15.6. The summed E-state index contributed by atoms with van der Waals surface area (Å²) in [7, 11) is 0. The number of benzene rings is 1. The standard InChI is InChI=1S/C16H19F2N3/c1-5-19-16(12-8-10(3)20-21-11(12)4)14-13(17)7-6-9(2)15(14)18/h6-8,16,19H,5H2,1-4H3. The summed E-state index contributed by atoms with van der Waals surface area (Å²) in [5, 5.41) is 11.2. The third-order valence-corrected chi connectivity index (χ3v) is 3.47. The molecule has 1 N–H and O–H groups in total. The molecule has 5 heteroatoms. The molecule has 1 heterocycles. The van der Waals surface area contributed by atoms with Gasteiger partial charge in [0.2, 0.25) is 0 Å². The third kappa shape index (κ3) is 3.08. The summed E-state index contributed by atoms with van der Waals surface area (Å²) in [6, 6.07) is 3.98. The van der Waals surface area contributed by atoms with Gasteiger partial charge in [-0.2, -0.15) is 10.2 Å². The van der Waals surface area contributed by atoms with E-state index in [1.807, 2.05) is 19.9 Å². The fraction of sp³-hybridized carbons (Fsp3) is 0.375. The Morgan fingerprint density at radius 1 is 1.14 bits per heavy atom. The minimum absolute atomic E-state index is 0.0346. The number of halogens is 2. The lowest BCUT2D eigenvalue weighted by Crippen LogP contribution is -2.26. The van der Waals surface area contributed by atoms with E-state index >= 15 is 0 Å². The number of nitrogens with one attached hydrogen (secondary N) is 1. The molecule has 0 saturated carbocycles. The fourth-order valence-corrected chi connectivity index (χ4v) is 2.38. The largest absolute Gasteiger partial charge is 0.306 e. The van der Waals surface area contributed by atoms with E-state index in [1.165, 1.54) is 12.1 Å². The second-order valence-electron chi connectivity index (χ2n) is 5.11. The van der Waals surface area contributed by atoms with Crippen molar-refractivity contribution >= 4 is 0 Å². The minimum atomic E-state index is -0.580. The normalized spacial score (nSPS) is 12.5. The van der Waals surface area contributed by atoms with Crippen molar-refractivity contribution in [2.45, 2.75) is 33.7 Å². The molecule has 1 atom stereocenters. The molecular weight excluding hydrogens is 272 g/mol. The quantitative estimate of drug-likeness (QED) is 0.938. The smallest absolute Gasteiger partial charge is 0.134 e. The van der Waals surface area contributed by atoms with Gasteiger partial charge in [-0.15, -0.1) is 0 Å². The lowest BCUT2D eigenvalue weighted by atomic mass is 9.95. The lowest BCUT2D eigenvalue weighted by Gasteiger charge is -2.22. The van der Waals surface area contributed by atoms with Crippen molar-refractivity contribution in [1.29, 1.82) is 0 Å². The van der Waals surface area contributed by atoms with Gasteiger partial charge in [0.05, 0.1) is 17.4 Å². The molecule has 2 aromatic rings. The summed E-state index contributed by atoms with van der Waals surface area (Å²) in [6.07, 6.45) is 0. The Morgan fingerprint density at radius 3 is 2.52 bits per heavy atom. The summed E-state index contributed by atoms with van der Waals surface area (Å²) in [5.41, 5.74) is 2.57. The van der Waals surface area contributed by atoms with Crippen molar-refractivity contribution in [2.24, 2.45) is 0 Å². The van der Waals surface area contributed by atoms with Crippen LogP contribution < -0.4 is 5.32 Å². The lowest BCUT2D eigenvalue weighted by molar-refractivity contribution is 0.504. The molecule has 21 heavy (non-hydrogen) atoms. The van der Waals surface area contributed by atoms with Crippen molar-refractivity contribution < 1.29 is 8.78 Å². The second kappa shape index (κ2) is 6.26. The molecule has 0 aliphatic carbocycles. The van der Waals surface area contributed by atoms with Gasteiger partial charge in [0.25, 0.3) is 0 Å². The molecule has 0 bridgehead atoms. The highest BCUT2D eigenvalue weighted by Crippen LogP contribution is 2.29. The van der Waals surface area contributed by atoms with Gasteiger partial charge in [0.15, 0.2) is 0 Å². The average Bonchev–Trinajstić information content (AvgIpc) is 2.45. The first-order chi connectivity index (χ1) is 9.95. The maximum absolute atomic E-state index is 14.4. The monoisotopic (exact) mass is 291 g/mol. The summed E-state index contributed by atoms with van der Waals surface area (Å²) >= 11 is 0. The first-order valence-corrected chi connectivity index (χ1v) is 6.94. The molecule has 112 valence electrons. The molecule has 0 amide bonds. The van der Waals surface area contributed by atoms with Crippen molar-refractivity contribution in [3.05, 3.63) is 57.9 Å². The summed E-state index contributed by atoms with van der Waals surface area (Å²) < 4.78 is 28.6. The van der Waals surface area contributed by atoms with E-state index in [-0.39, 0.29) is 5.56 Å². The number of hydrogen-bond acceptors (Lipinski definition) is 3. The Hall–Kier alpha value is -1.88. The van der Waals surface area contributed by atoms with Crippen LogP contribution in [0.3, 0.4) is 0 Å². The first-order valence-electron chi connectivity index (χ1n) is 6.94. The van der Waals surface area contributed by atoms with Crippen LogP contribution in [-0.2, 0) is 0 Å². The number of aromatic nitrogens is 2. The van der Waals surface area contributed by atoms with Gasteiger partial charge in [0.1, 0.15) is 11.6 Å². The molecule has 0 fully saturated rings. The van der Waals surface area contributed by atoms with Gasteiger partial charge in [-0.1, -0.05) is 13.0 Å². The Morgan fingerprint density at radius 2 is 1.86 bits per heavy atom. The molecule has 1 unspecified atom stereocenters. The topological polar surface area (TPSA) is 37.8 Å².